The first-order chi connectivity index (χ1) is 8.79. The van der Waals surface area contributed by atoms with Crippen molar-refractivity contribution in [1.82, 2.24) is 9.78 Å². The van der Waals surface area contributed by atoms with Gasteiger partial charge in [-0.1, -0.05) is 0 Å². The van der Waals surface area contributed by atoms with Gasteiger partial charge in [-0.15, -0.1) is 0 Å². The van der Waals surface area contributed by atoms with Crippen LogP contribution < -0.4 is 4.72 Å². The summed E-state index contributed by atoms with van der Waals surface area (Å²) < 4.78 is 28.2. The number of sulfonamides is 1. The third-order valence-electron chi connectivity index (χ3n) is 2.78. The van der Waals surface area contributed by atoms with Crippen LogP contribution in [0.15, 0.2) is 29.4 Å². The van der Waals surface area contributed by atoms with Crippen molar-refractivity contribution in [3.8, 4) is 5.75 Å². The average molecular weight is 281 g/mol. The molecule has 0 aliphatic heterocycles. The topological polar surface area (TPSA) is 84.2 Å². The fourth-order valence-electron chi connectivity index (χ4n) is 1.65. The molecule has 102 valence electrons. The molecule has 7 heteroatoms. The number of hydrogen-bond donors (Lipinski definition) is 2. The van der Waals surface area contributed by atoms with Crippen LogP contribution in [0.4, 0.5) is 5.69 Å². The molecule has 2 aromatic rings. The monoisotopic (exact) mass is 281 g/mol. The van der Waals surface area contributed by atoms with Gasteiger partial charge in [0.05, 0.1) is 11.9 Å². The number of phenolic OH excluding ortho intramolecular Hbond substituents is 1. The van der Waals surface area contributed by atoms with E-state index in [0.717, 1.165) is 0 Å². The average Bonchev–Trinajstić information content (AvgIpc) is 2.73. The van der Waals surface area contributed by atoms with Crippen LogP contribution >= 0.6 is 0 Å². The number of rotatable bonds is 3. The van der Waals surface area contributed by atoms with Crippen LogP contribution in [0.1, 0.15) is 11.1 Å². The van der Waals surface area contributed by atoms with E-state index in [9.17, 15) is 13.5 Å². The molecule has 19 heavy (non-hydrogen) atoms. The smallest absolute Gasteiger partial charge is 0.265 e. The molecule has 6 nitrogen and oxygen atoms in total. The molecule has 2 rings (SSSR count). The van der Waals surface area contributed by atoms with Crippen LogP contribution in [0.5, 0.6) is 5.75 Å². The zero-order valence-electron chi connectivity index (χ0n) is 10.9. The van der Waals surface area contributed by atoms with Gasteiger partial charge in [-0.3, -0.25) is 9.40 Å². The summed E-state index contributed by atoms with van der Waals surface area (Å²) in [6, 6.07) is 3.12. The Bertz CT molecular complexity index is 720. The minimum absolute atomic E-state index is 0.0973. The summed E-state index contributed by atoms with van der Waals surface area (Å²) in [4.78, 5) is 0.0973. The van der Waals surface area contributed by atoms with Crippen LogP contribution in [-0.2, 0) is 17.1 Å². The van der Waals surface area contributed by atoms with Gasteiger partial charge in [-0.25, -0.2) is 8.42 Å². The van der Waals surface area contributed by atoms with Crippen molar-refractivity contribution in [2.45, 2.75) is 18.7 Å². The maximum Gasteiger partial charge on any atom is 0.265 e. The molecule has 1 aromatic heterocycles. The molecule has 1 aromatic carbocycles. The number of anilines is 1. The Morgan fingerprint density at radius 2 is 1.95 bits per heavy atom. The number of nitrogens with zero attached hydrogens (tertiary/aromatic N) is 2. The minimum Gasteiger partial charge on any atom is -0.508 e. The van der Waals surface area contributed by atoms with Gasteiger partial charge in [-0.2, -0.15) is 5.10 Å². The lowest BCUT2D eigenvalue weighted by molar-refractivity contribution is 0.471. The van der Waals surface area contributed by atoms with Crippen molar-refractivity contribution in [2.75, 3.05) is 4.72 Å². The minimum atomic E-state index is -3.66. The standard InChI is InChI=1S/C12H15N3O3S/c1-8-5-12(16)9(2)4-11(8)14-19(17,18)10-6-13-15(3)7-10/h4-7,14,16H,1-3H3. The van der Waals surface area contributed by atoms with Crippen molar-refractivity contribution in [1.29, 1.82) is 0 Å². The van der Waals surface area contributed by atoms with Crippen molar-refractivity contribution in [3.05, 3.63) is 35.7 Å². The maximum absolute atomic E-state index is 12.1. The molecule has 0 aliphatic rings. The van der Waals surface area contributed by atoms with E-state index in [1.54, 1.807) is 27.0 Å². The Kier molecular flexibility index (Phi) is 3.23. The Morgan fingerprint density at radius 1 is 1.26 bits per heavy atom. The third kappa shape index (κ3) is 2.70. The van der Waals surface area contributed by atoms with Crippen molar-refractivity contribution in [2.24, 2.45) is 7.05 Å². The summed E-state index contributed by atoms with van der Waals surface area (Å²) >= 11 is 0. The van der Waals surface area contributed by atoms with E-state index >= 15 is 0 Å². The SMILES string of the molecule is Cc1cc(NS(=O)(=O)c2cnn(C)c2)c(C)cc1O. The van der Waals surface area contributed by atoms with Gasteiger partial charge in [0.1, 0.15) is 10.6 Å². The predicted octanol–water partition coefficient (Wildman–Crippen LogP) is 1.54. The molecule has 0 radical (unpaired) electrons. The van der Waals surface area contributed by atoms with Crippen LogP contribution in [-0.4, -0.2) is 23.3 Å². The highest BCUT2D eigenvalue weighted by Crippen LogP contribution is 2.26. The second-order valence-electron chi connectivity index (χ2n) is 4.41. The lowest BCUT2D eigenvalue weighted by atomic mass is 10.1. The Morgan fingerprint density at radius 3 is 2.53 bits per heavy atom. The normalized spacial score (nSPS) is 11.5. The first-order valence-corrected chi connectivity index (χ1v) is 7.09. The number of aromatic nitrogens is 2. The lowest BCUT2D eigenvalue weighted by Gasteiger charge is -2.11. The van der Waals surface area contributed by atoms with E-state index in [2.05, 4.69) is 9.82 Å². The number of nitrogens with one attached hydrogen (secondary N) is 1. The highest BCUT2D eigenvalue weighted by atomic mass is 32.2. The van der Waals surface area contributed by atoms with Crippen molar-refractivity contribution < 1.29 is 13.5 Å². The summed E-state index contributed by atoms with van der Waals surface area (Å²) in [5.41, 5.74) is 1.70. The molecule has 0 saturated carbocycles. The van der Waals surface area contributed by atoms with Gasteiger partial charge in [0.2, 0.25) is 0 Å². The highest BCUT2D eigenvalue weighted by molar-refractivity contribution is 7.92. The Hall–Kier alpha value is -2.02. The van der Waals surface area contributed by atoms with E-state index in [1.807, 2.05) is 0 Å². The second kappa shape index (κ2) is 4.58. The molecule has 0 amide bonds. The summed E-state index contributed by atoms with van der Waals surface area (Å²) in [6.07, 6.45) is 2.70. The Balaban J connectivity index is 2.38. The summed E-state index contributed by atoms with van der Waals surface area (Å²) in [5, 5.41) is 13.4. The van der Waals surface area contributed by atoms with Crippen LogP contribution in [0.25, 0.3) is 0 Å². The largest absolute Gasteiger partial charge is 0.508 e. The molecule has 0 bridgehead atoms. The molecule has 0 saturated heterocycles. The number of aromatic hydroxyl groups is 1. The summed E-state index contributed by atoms with van der Waals surface area (Å²) in [7, 11) is -2.01. The van der Waals surface area contributed by atoms with Crippen molar-refractivity contribution >= 4 is 15.7 Å². The van der Waals surface area contributed by atoms with Gasteiger partial charge in [0.25, 0.3) is 10.0 Å². The lowest BCUT2D eigenvalue weighted by Crippen LogP contribution is -2.13. The predicted molar refractivity (Wildman–Crippen MR) is 71.6 cm³/mol. The summed E-state index contributed by atoms with van der Waals surface area (Å²) in [5.74, 6) is 0.141. The van der Waals surface area contributed by atoms with Gasteiger partial charge in [-0.05, 0) is 37.1 Å². The second-order valence-corrected chi connectivity index (χ2v) is 6.09. The highest BCUT2D eigenvalue weighted by Gasteiger charge is 2.17. The van der Waals surface area contributed by atoms with E-state index in [4.69, 9.17) is 0 Å². The third-order valence-corrected chi connectivity index (χ3v) is 4.10. The van der Waals surface area contributed by atoms with E-state index in [-0.39, 0.29) is 10.6 Å². The van der Waals surface area contributed by atoms with Crippen LogP contribution in [0, 0.1) is 13.8 Å². The molecule has 2 N–H and O–H groups in total. The zero-order chi connectivity index (χ0) is 14.2. The van der Waals surface area contributed by atoms with E-state index in [1.165, 1.54) is 23.1 Å². The molecule has 0 atom stereocenters. The first kappa shape index (κ1) is 13.4. The number of hydrogen-bond acceptors (Lipinski definition) is 4. The number of phenols is 1. The van der Waals surface area contributed by atoms with Gasteiger partial charge in [0.15, 0.2) is 0 Å². The van der Waals surface area contributed by atoms with Gasteiger partial charge in [0, 0.05) is 13.2 Å². The molecule has 0 spiro atoms. The summed E-state index contributed by atoms with van der Waals surface area (Å²) in [6.45, 7) is 3.43. The Labute approximate surface area is 111 Å². The molecule has 0 unspecified atom stereocenters. The fourth-order valence-corrected chi connectivity index (χ4v) is 2.76. The quantitative estimate of drug-likeness (QED) is 0.836. The molecular formula is C12H15N3O3S. The fraction of sp³-hybridized carbons (Fsp3) is 0.250. The molecular weight excluding hydrogens is 266 g/mol. The number of aryl methyl sites for hydroxylation is 3. The van der Waals surface area contributed by atoms with Crippen LogP contribution in [0.3, 0.4) is 0 Å². The van der Waals surface area contributed by atoms with E-state index in [0.29, 0.717) is 16.8 Å². The van der Waals surface area contributed by atoms with Crippen LogP contribution in [0.2, 0.25) is 0 Å². The molecule has 0 fully saturated rings. The van der Waals surface area contributed by atoms with Crippen molar-refractivity contribution in [3.63, 3.8) is 0 Å². The molecule has 0 aliphatic carbocycles. The van der Waals surface area contributed by atoms with Gasteiger partial charge < -0.3 is 5.11 Å². The zero-order valence-corrected chi connectivity index (χ0v) is 11.7. The molecule has 1 heterocycles. The van der Waals surface area contributed by atoms with E-state index < -0.39 is 10.0 Å². The van der Waals surface area contributed by atoms with Gasteiger partial charge >= 0.3 is 0 Å². The number of benzene rings is 1. The first-order valence-electron chi connectivity index (χ1n) is 5.61. The maximum atomic E-state index is 12.1.